The fourth-order valence-electron chi connectivity index (χ4n) is 1.19. The van der Waals surface area contributed by atoms with Gasteiger partial charge in [-0.15, -0.1) is 0 Å². The fraction of sp³-hybridized carbons (Fsp3) is 1.00. The van der Waals surface area contributed by atoms with Crippen LogP contribution in [0.1, 0.15) is 39.5 Å². The molecule has 0 aliphatic rings. The third-order valence-corrected chi connectivity index (χ3v) is 3.64. The molecule has 0 heterocycles. The van der Waals surface area contributed by atoms with E-state index in [9.17, 15) is 8.42 Å². The SMILES string of the molecule is CCCCS(=O)(=O)NC(CC)CCN. The molecular formula is C9H22N2O2S. The molecule has 3 N–H and O–H groups in total. The third kappa shape index (κ3) is 6.34. The highest BCUT2D eigenvalue weighted by molar-refractivity contribution is 7.89. The molecule has 0 amide bonds. The summed E-state index contributed by atoms with van der Waals surface area (Å²) >= 11 is 0. The Hall–Kier alpha value is -0.130. The molecule has 0 fully saturated rings. The number of nitrogens with one attached hydrogen (secondary N) is 1. The van der Waals surface area contributed by atoms with E-state index in [4.69, 9.17) is 5.73 Å². The molecule has 0 spiro atoms. The maximum Gasteiger partial charge on any atom is 0.211 e. The number of rotatable bonds is 8. The van der Waals surface area contributed by atoms with E-state index in [-0.39, 0.29) is 11.8 Å². The van der Waals surface area contributed by atoms with E-state index >= 15 is 0 Å². The van der Waals surface area contributed by atoms with Crippen molar-refractivity contribution in [1.29, 1.82) is 0 Å². The van der Waals surface area contributed by atoms with Crippen molar-refractivity contribution in [2.45, 2.75) is 45.6 Å². The first kappa shape index (κ1) is 13.9. The summed E-state index contributed by atoms with van der Waals surface area (Å²) in [4.78, 5) is 0. The lowest BCUT2D eigenvalue weighted by Gasteiger charge is -2.15. The molecule has 0 saturated heterocycles. The molecule has 1 atom stereocenters. The van der Waals surface area contributed by atoms with Gasteiger partial charge in [-0.25, -0.2) is 13.1 Å². The first-order valence-corrected chi connectivity index (χ1v) is 6.91. The van der Waals surface area contributed by atoms with Crippen molar-refractivity contribution in [1.82, 2.24) is 4.72 Å². The Balaban J connectivity index is 4.04. The van der Waals surface area contributed by atoms with Gasteiger partial charge in [0.25, 0.3) is 0 Å². The minimum absolute atomic E-state index is 0.00172. The van der Waals surface area contributed by atoms with Gasteiger partial charge in [0, 0.05) is 6.04 Å². The molecular weight excluding hydrogens is 200 g/mol. The van der Waals surface area contributed by atoms with Gasteiger partial charge in [0.15, 0.2) is 0 Å². The molecule has 0 radical (unpaired) electrons. The largest absolute Gasteiger partial charge is 0.330 e. The smallest absolute Gasteiger partial charge is 0.211 e. The van der Waals surface area contributed by atoms with Crippen molar-refractivity contribution in [3.05, 3.63) is 0 Å². The van der Waals surface area contributed by atoms with Gasteiger partial charge in [-0.1, -0.05) is 20.3 Å². The van der Waals surface area contributed by atoms with Crippen LogP contribution in [0.4, 0.5) is 0 Å². The first-order chi connectivity index (χ1) is 6.55. The summed E-state index contributed by atoms with van der Waals surface area (Å²) in [6, 6.07) is 0.00172. The molecule has 0 aliphatic carbocycles. The summed E-state index contributed by atoms with van der Waals surface area (Å²) in [5, 5.41) is 0. The van der Waals surface area contributed by atoms with Crippen LogP contribution in [0.2, 0.25) is 0 Å². The highest BCUT2D eigenvalue weighted by atomic mass is 32.2. The Morgan fingerprint density at radius 3 is 2.43 bits per heavy atom. The van der Waals surface area contributed by atoms with Crippen molar-refractivity contribution >= 4 is 10.0 Å². The van der Waals surface area contributed by atoms with Crippen LogP contribution in [0, 0.1) is 0 Å². The van der Waals surface area contributed by atoms with Gasteiger partial charge in [-0.3, -0.25) is 0 Å². The molecule has 0 aromatic heterocycles. The Morgan fingerprint density at radius 1 is 1.36 bits per heavy atom. The number of unbranched alkanes of at least 4 members (excludes halogenated alkanes) is 1. The average Bonchev–Trinajstić information content (AvgIpc) is 2.14. The summed E-state index contributed by atoms with van der Waals surface area (Å²) in [5.74, 6) is 0.227. The van der Waals surface area contributed by atoms with Gasteiger partial charge in [0.2, 0.25) is 10.0 Å². The van der Waals surface area contributed by atoms with Crippen molar-refractivity contribution in [2.75, 3.05) is 12.3 Å². The minimum Gasteiger partial charge on any atom is -0.330 e. The highest BCUT2D eigenvalue weighted by Crippen LogP contribution is 2.01. The van der Waals surface area contributed by atoms with Gasteiger partial charge in [-0.2, -0.15) is 0 Å². The molecule has 5 heteroatoms. The molecule has 0 rings (SSSR count). The quantitative estimate of drug-likeness (QED) is 0.639. The molecule has 1 unspecified atom stereocenters. The normalized spacial score (nSPS) is 14.2. The number of sulfonamides is 1. The second-order valence-electron chi connectivity index (χ2n) is 3.47. The van der Waals surface area contributed by atoms with Gasteiger partial charge in [-0.05, 0) is 25.8 Å². The van der Waals surface area contributed by atoms with Crippen molar-refractivity contribution < 1.29 is 8.42 Å². The van der Waals surface area contributed by atoms with E-state index in [1.54, 1.807) is 0 Å². The molecule has 4 nitrogen and oxygen atoms in total. The lowest BCUT2D eigenvalue weighted by Crippen LogP contribution is -2.37. The molecule has 0 aromatic carbocycles. The van der Waals surface area contributed by atoms with Crippen LogP contribution in [-0.2, 0) is 10.0 Å². The predicted molar refractivity (Wildman–Crippen MR) is 59.6 cm³/mol. The predicted octanol–water partition coefficient (Wildman–Crippen LogP) is 0.833. The standard InChI is InChI=1S/C9H22N2O2S/c1-3-5-8-14(12,13)11-9(4-2)6-7-10/h9,11H,3-8,10H2,1-2H3. The van der Waals surface area contributed by atoms with Crippen LogP contribution < -0.4 is 10.5 Å². The first-order valence-electron chi connectivity index (χ1n) is 5.25. The van der Waals surface area contributed by atoms with Crippen molar-refractivity contribution in [3.8, 4) is 0 Å². The van der Waals surface area contributed by atoms with Gasteiger partial charge >= 0.3 is 0 Å². The highest BCUT2D eigenvalue weighted by Gasteiger charge is 2.14. The maximum atomic E-state index is 11.5. The van der Waals surface area contributed by atoms with Crippen LogP contribution in [0.25, 0.3) is 0 Å². The summed E-state index contributed by atoms with van der Waals surface area (Å²) in [6.45, 7) is 4.46. The average molecular weight is 222 g/mol. The Kier molecular flexibility index (Phi) is 7.13. The van der Waals surface area contributed by atoms with Crippen LogP contribution in [0.5, 0.6) is 0 Å². The van der Waals surface area contributed by atoms with E-state index in [2.05, 4.69) is 4.72 Å². The zero-order valence-electron chi connectivity index (χ0n) is 9.12. The Labute approximate surface area is 87.3 Å². The van der Waals surface area contributed by atoms with E-state index in [1.807, 2.05) is 13.8 Å². The van der Waals surface area contributed by atoms with Gasteiger partial charge < -0.3 is 5.73 Å². The van der Waals surface area contributed by atoms with Crippen LogP contribution in [-0.4, -0.2) is 26.8 Å². The van der Waals surface area contributed by atoms with Crippen molar-refractivity contribution in [3.63, 3.8) is 0 Å². The number of hydrogen-bond donors (Lipinski definition) is 2. The van der Waals surface area contributed by atoms with Crippen molar-refractivity contribution in [2.24, 2.45) is 5.73 Å². The van der Waals surface area contributed by atoms with E-state index in [0.29, 0.717) is 19.4 Å². The number of nitrogens with two attached hydrogens (primary N) is 1. The lowest BCUT2D eigenvalue weighted by atomic mass is 10.2. The number of hydrogen-bond acceptors (Lipinski definition) is 3. The third-order valence-electron chi connectivity index (χ3n) is 2.12. The second-order valence-corrected chi connectivity index (χ2v) is 5.35. The zero-order chi connectivity index (χ0) is 11.0. The van der Waals surface area contributed by atoms with Gasteiger partial charge in [0.1, 0.15) is 0 Å². The lowest BCUT2D eigenvalue weighted by molar-refractivity contribution is 0.519. The Morgan fingerprint density at radius 2 is 2.00 bits per heavy atom. The summed E-state index contributed by atoms with van der Waals surface area (Å²) in [6.07, 6.45) is 3.12. The zero-order valence-corrected chi connectivity index (χ0v) is 9.94. The van der Waals surface area contributed by atoms with E-state index < -0.39 is 10.0 Å². The van der Waals surface area contributed by atoms with Crippen LogP contribution >= 0.6 is 0 Å². The summed E-state index contributed by atoms with van der Waals surface area (Å²) < 4.78 is 25.6. The minimum atomic E-state index is -3.08. The topological polar surface area (TPSA) is 72.2 Å². The molecule has 0 saturated carbocycles. The van der Waals surface area contributed by atoms with Crippen LogP contribution in [0.3, 0.4) is 0 Å². The van der Waals surface area contributed by atoms with E-state index in [0.717, 1.165) is 12.8 Å². The molecule has 86 valence electrons. The molecule has 14 heavy (non-hydrogen) atoms. The van der Waals surface area contributed by atoms with Crippen LogP contribution in [0.15, 0.2) is 0 Å². The summed E-state index contributed by atoms with van der Waals surface area (Å²) in [5.41, 5.74) is 5.39. The molecule has 0 aromatic rings. The Bertz CT molecular complexity index is 227. The fourth-order valence-corrected chi connectivity index (χ4v) is 2.77. The van der Waals surface area contributed by atoms with Gasteiger partial charge in [0.05, 0.1) is 5.75 Å². The summed E-state index contributed by atoms with van der Waals surface area (Å²) in [7, 11) is -3.08. The maximum absolute atomic E-state index is 11.5. The molecule has 0 bridgehead atoms. The monoisotopic (exact) mass is 222 g/mol. The molecule has 0 aliphatic heterocycles. The second kappa shape index (κ2) is 7.20. The van der Waals surface area contributed by atoms with E-state index in [1.165, 1.54) is 0 Å².